The molecule has 1 aromatic heterocycles. The lowest BCUT2D eigenvalue weighted by atomic mass is 9.98. The van der Waals surface area contributed by atoms with Gasteiger partial charge in [-0.3, -0.25) is 4.79 Å². The Morgan fingerprint density at radius 1 is 1.26 bits per heavy atom. The first-order valence-corrected chi connectivity index (χ1v) is 10.7. The van der Waals surface area contributed by atoms with E-state index in [0.717, 1.165) is 18.4 Å². The van der Waals surface area contributed by atoms with E-state index in [9.17, 15) is 18.4 Å². The largest absolute Gasteiger partial charge is 0.470 e. The first kappa shape index (κ1) is 23.2. The molecule has 1 saturated carbocycles. The van der Waals surface area contributed by atoms with Gasteiger partial charge in [-0.15, -0.1) is 0 Å². The Labute approximate surface area is 181 Å². The number of hydrogen-bond donors (Lipinski definition) is 1. The highest BCUT2D eigenvalue weighted by molar-refractivity contribution is 5.83. The maximum Gasteiger partial charge on any atom is 0.410 e. The monoisotopic (exact) mass is 439 g/mol. The molecule has 2 amide bonds. The third-order valence-electron chi connectivity index (χ3n) is 5.38. The predicted molar refractivity (Wildman–Crippen MR) is 110 cm³/mol. The number of carbonyl (C=O) groups excluding carboxylic acids is 2. The van der Waals surface area contributed by atoms with Crippen LogP contribution in [0.25, 0.3) is 0 Å². The fourth-order valence-corrected chi connectivity index (χ4v) is 3.64. The molecule has 0 bridgehead atoms. The molecule has 0 unspecified atom stereocenters. The van der Waals surface area contributed by atoms with Crippen molar-refractivity contribution >= 4 is 12.0 Å². The molecule has 3 rings (SSSR count). The van der Waals surface area contributed by atoms with Crippen LogP contribution in [0, 0.1) is 0 Å². The van der Waals surface area contributed by atoms with Crippen LogP contribution in [0.4, 0.5) is 13.6 Å². The Balaban J connectivity index is 1.51. The molecule has 2 atom stereocenters. The highest BCUT2D eigenvalue weighted by Crippen LogP contribution is 2.43. The lowest BCUT2D eigenvalue weighted by Crippen LogP contribution is -2.55. The molecule has 1 N–H and O–H groups in total. The van der Waals surface area contributed by atoms with E-state index in [4.69, 9.17) is 9.47 Å². The number of aromatic nitrogens is 1. The maximum atomic E-state index is 14.4. The van der Waals surface area contributed by atoms with Crippen LogP contribution >= 0.6 is 0 Å². The molecule has 1 aromatic rings. The molecule has 31 heavy (non-hydrogen) atoms. The number of piperidine rings is 1. The summed E-state index contributed by atoms with van der Waals surface area (Å²) in [5.41, 5.74) is 0.193. The van der Waals surface area contributed by atoms with Crippen molar-refractivity contribution in [1.82, 2.24) is 15.2 Å². The highest BCUT2D eigenvalue weighted by Gasteiger charge is 2.43. The second kappa shape index (κ2) is 8.96. The molecule has 1 aliphatic heterocycles. The summed E-state index contributed by atoms with van der Waals surface area (Å²) in [7, 11) is 0. The first-order chi connectivity index (χ1) is 14.5. The quantitative estimate of drug-likeness (QED) is 0.728. The first-order valence-electron chi connectivity index (χ1n) is 10.7. The van der Waals surface area contributed by atoms with Gasteiger partial charge < -0.3 is 19.7 Å². The Hall–Kier alpha value is -2.45. The minimum Gasteiger partial charge on any atom is -0.470 e. The molecule has 2 fully saturated rings. The van der Waals surface area contributed by atoms with E-state index in [-0.39, 0.29) is 11.9 Å². The van der Waals surface area contributed by atoms with E-state index in [1.807, 2.05) is 13.0 Å². The fraction of sp³-hybridized carbons (Fsp3) is 0.682. The Kier molecular flexibility index (Phi) is 6.71. The molecule has 2 aliphatic rings. The van der Waals surface area contributed by atoms with E-state index in [2.05, 4.69) is 10.3 Å². The number of alkyl halides is 2. The number of nitrogens with zero attached hydrogens (tertiary/aromatic N) is 2. The van der Waals surface area contributed by atoms with Gasteiger partial charge in [-0.05, 0) is 65.4 Å². The third kappa shape index (κ3) is 6.27. The number of hydrogen-bond acceptors (Lipinski definition) is 5. The smallest absolute Gasteiger partial charge is 0.410 e. The molecule has 1 aliphatic carbocycles. The zero-order valence-electron chi connectivity index (χ0n) is 18.5. The van der Waals surface area contributed by atoms with Gasteiger partial charge in [-0.25, -0.2) is 9.78 Å². The van der Waals surface area contributed by atoms with E-state index in [0.29, 0.717) is 25.3 Å². The normalized spacial score (nSPS) is 22.1. The number of amides is 2. The molecule has 0 radical (unpaired) electrons. The highest BCUT2D eigenvalue weighted by atomic mass is 19.3. The Morgan fingerprint density at radius 2 is 1.97 bits per heavy atom. The van der Waals surface area contributed by atoms with Crippen LogP contribution in [0.15, 0.2) is 18.3 Å². The van der Waals surface area contributed by atoms with Gasteiger partial charge in [0, 0.05) is 30.4 Å². The van der Waals surface area contributed by atoms with Crippen molar-refractivity contribution in [3.63, 3.8) is 0 Å². The summed E-state index contributed by atoms with van der Waals surface area (Å²) in [5, 5.41) is 2.42. The van der Waals surface area contributed by atoms with Gasteiger partial charge in [0.15, 0.2) is 6.61 Å². The topological polar surface area (TPSA) is 80.8 Å². The van der Waals surface area contributed by atoms with E-state index in [1.54, 1.807) is 31.7 Å². The van der Waals surface area contributed by atoms with Crippen molar-refractivity contribution in [3.05, 3.63) is 23.9 Å². The van der Waals surface area contributed by atoms with Crippen molar-refractivity contribution in [1.29, 1.82) is 0 Å². The molecule has 2 heterocycles. The zero-order chi connectivity index (χ0) is 22.8. The summed E-state index contributed by atoms with van der Waals surface area (Å²) >= 11 is 0. The molecule has 9 heteroatoms. The average Bonchev–Trinajstić information content (AvgIpc) is 3.50. The van der Waals surface area contributed by atoms with Crippen LogP contribution in [0.1, 0.15) is 64.9 Å². The minimum atomic E-state index is -3.69. The Bertz CT molecular complexity index is 808. The number of rotatable bonds is 6. The van der Waals surface area contributed by atoms with Gasteiger partial charge in [0.1, 0.15) is 5.60 Å². The van der Waals surface area contributed by atoms with Gasteiger partial charge in [-0.2, -0.15) is 8.78 Å². The summed E-state index contributed by atoms with van der Waals surface area (Å²) < 4.78 is 39.5. The second-order valence-electron chi connectivity index (χ2n) is 9.38. The lowest BCUT2D eigenvalue weighted by molar-refractivity contribution is -0.151. The van der Waals surface area contributed by atoms with Gasteiger partial charge in [-0.1, -0.05) is 6.07 Å². The van der Waals surface area contributed by atoms with Crippen LogP contribution in [0.5, 0.6) is 5.88 Å². The third-order valence-corrected chi connectivity index (χ3v) is 5.38. The number of pyridine rings is 1. The summed E-state index contributed by atoms with van der Waals surface area (Å²) in [5.74, 6) is -4.61. The summed E-state index contributed by atoms with van der Waals surface area (Å²) in [4.78, 5) is 30.1. The minimum absolute atomic E-state index is 0.164. The number of carbonyl (C=O) groups is 2. The van der Waals surface area contributed by atoms with Crippen LogP contribution in [-0.2, 0) is 9.53 Å². The molecular formula is C22H31F2N3O4. The van der Waals surface area contributed by atoms with Gasteiger partial charge in [0.05, 0.1) is 0 Å². The molecule has 172 valence electrons. The van der Waals surface area contributed by atoms with E-state index in [1.165, 1.54) is 6.20 Å². The van der Waals surface area contributed by atoms with Crippen LogP contribution in [-0.4, -0.2) is 58.6 Å². The predicted octanol–water partition coefficient (Wildman–Crippen LogP) is 3.88. The Morgan fingerprint density at radius 3 is 2.58 bits per heavy atom. The van der Waals surface area contributed by atoms with Crippen LogP contribution in [0.3, 0.4) is 0 Å². The summed E-state index contributed by atoms with van der Waals surface area (Å²) in [6.07, 6.45) is 3.76. The van der Waals surface area contributed by atoms with Crippen molar-refractivity contribution in [2.24, 2.45) is 0 Å². The standard InChI is InChI=1S/C22H31F2N3O4/c1-14-12-16(9-11-27(14)20(29)31-21(2,3)4)26-19(28)22(23,24)13-30-18-17(15-7-8-15)6-5-10-25-18/h5-6,10,14-16H,7-9,11-13H2,1-4H3,(H,26,28)/t14-,16-/m1/s1. The lowest BCUT2D eigenvalue weighted by Gasteiger charge is -2.38. The zero-order valence-corrected chi connectivity index (χ0v) is 18.5. The second-order valence-corrected chi connectivity index (χ2v) is 9.38. The van der Waals surface area contributed by atoms with Crippen LogP contribution in [0.2, 0.25) is 0 Å². The molecule has 1 saturated heterocycles. The molecule has 7 nitrogen and oxygen atoms in total. The van der Waals surface area contributed by atoms with Gasteiger partial charge >= 0.3 is 12.0 Å². The number of halogens is 2. The molecule has 0 spiro atoms. The summed E-state index contributed by atoms with van der Waals surface area (Å²) in [6, 6.07) is 2.87. The SMILES string of the molecule is C[C@@H]1C[C@H](NC(=O)C(F)(F)COc2ncccc2C2CC2)CCN1C(=O)OC(C)(C)C. The van der Waals surface area contributed by atoms with E-state index < -0.39 is 36.2 Å². The fourth-order valence-electron chi connectivity index (χ4n) is 3.64. The number of ether oxygens (including phenoxy) is 2. The van der Waals surface area contributed by atoms with Gasteiger partial charge in [0.25, 0.3) is 5.91 Å². The molecular weight excluding hydrogens is 408 g/mol. The van der Waals surface area contributed by atoms with Crippen molar-refractivity contribution < 1.29 is 27.8 Å². The van der Waals surface area contributed by atoms with Crippen molar-refractivity contribution in [3.8, 4) is 5.88 Å². The number of likely N-dealkylation sites (tertiary alicyclic amines) is 1. The number of nitrogens with one attached hydrogen (secondary N) is 1. The van der Waals surface area contributed by atoms with Crippen molar-refractivity contribution in [2.45, 2.75) is 82.9 Å². The van der Waals surface area contributed by atoms with Crippen LogP contribution < -0.4 is 10.1 Å². The van der Waals surface area contributed by atoms with Crippen molar-refractivity contribution in [2.75, 3.05) is 13.2 Å². The summed E-state index contributed by atoms with van der Waals surface area (Å²) in [6.45, 7) is 6.41. The average molecular weight is 440 g/mol. The van der Waals surface area contributed by atoms with Gasteiger partial charge in [0.2, 0.25) is 5.88 Å². The van der Waals surface area contributed by atoms with E-state index >= 15 is 0 Å². The maximum absolute atomic E-state index is 14.4. The molecule has 0 aromatic carbocycles.